The molecule has 0 amide bonds. The smallest absolute Gasteiger partial charge is 0.354 e. The number of carbonyl (C=O) groups excluding carboxylic acids is 2. The van der Waals surface area contributed by atoms with Crippen LogP contribution in [0.1, 0.15) is 5.56 Å². The van der Waals surface area contributed by atoms with E-state index < -0.39 is 11.9 Å². The summed E-state index contributed by atoms with van der Waals surface area (Å²) in [5.74, 6) is -1.46. The van der Waals surface area contributed by atoms with Gasteiger partial charge in [-0.3, -0.25) is 0 Å². The molecule has 0 aliphatic heterocycles. The van der Waals surface area contributed by atoms with Crippen molar-refractivity contribution in [3.8, 4) is 6.07 Å². The van der Waals surface area contributed by atoms with E-state index in [2.05, 4.69) is 14.8 Å². The minimum Gasteiger partial charge on any atom is -0.466 e. The highest BCUT2D eigenvalue weighted by Crippen LogP contribution is 2.21. The number of nitriles is 1. The number of hydrogen-bond donors (Lipinski definition) is 1. The summed E-state index contributed by atoms with van der Waals surface area (Å²) in [6.07, 6.45) is 0.951. The monoisotopic (exact) mass is 294 g/mol. The number of esters is 2. The summed E-state index contributed by atoms with van der Waals surface area (Å²) in [5, 5.41) is 11.8. The maximum atomic E-state index is 11.5. The number of benzene rings is 1. The molecule has 0 spiro atoms. The van der Waals surface area contributed by atoms with E-state index in [0.29, 0.717) is 5.69 Å². The molecule has 1 aromatic rings. The quantitative estimate of drug-likeness (QED) is 0.673. The van der Waals surface area contributed by atoms with Crippen molar-refractivity contribution in [1.82, 2.24) is 0 Å². The van der Waals surface area contributed by atoms with Gasteiger partial charge in [0.1, 0.15) is 11.8 Å². The molecule has 0 aromatic heterocycles. The zero-order valence-corrected chi connectivity index (χ0v) is 11.5. The second-order valence-electron chi connectivity index (χ2n) is 3.50. The molecule has 0 heterocycles. The lowest BCUT2D eigenvalue weighted by Crippen LogP contribution is -2.15. The van der Waals surface area contributed by atoms with Crippen molar-refractivity contribution < 1.29 is 19.1 Å². The van der Waals surface area contributed by atoms with Gasteiger partial charge in [-0.25, -0.2) is 9.59 Å². The van der Waals surface area contributed by atoms with Gasteiger partial charge in [-0.2, -0.15) is 5.26 Å². The van der Waals surface area contributed by atoms with E-state index in [4.69, 9.17) is 16.9 Å². The molecule has 0 aliphatic rings. The summed E-state index contributed by atoms with van der Waals surface area (Å²) in [6.45, 7) is 0. The van der Waals surface area contributed by atoms with Crippen LogP contribution in [0.25, 0.3) is 0 Å². The van der Waals surface area contributed by atoms with E-state index in [1.54, 1.807) is 6.07 Å². The summed E-state index contributed by atoms with van der Waals surface area (Å²) < 4.78 is 8.98. The van der Waals surface area contributed by atoms with E-state index >= 15 is 0 Å². The van der Waals surface area contributed by atoms with Crippen LogP contribution in [0.4, 0.5) is 5.69 Å². The molecular formula is C13H11ClN2O4. The van der Waals surface area contributed by atoms with Gasteiger partial charge < -0.3 is 14.8 Å². The van der Waals surface area contributed by atoms with Gasteiger partial charge in [0.25, 0.3) is 0 Å². The first kappa shape index (κ1) is 15.5. The number of nitrogens with one attached hydrogen (secondary N) is 1. The number of rotatable bonds is 4. The predicted molar refractivity (Wildman–Crippen MR) is 71.9 cm³/mol. The van der Waals surface area contributed by atoms with Crippen LogP contribution >= 0.6 is 11.6 Å². The van der Waals surface area contributed by atoms with Crippen molar-refractivity contribution >= 4 is 29.2 Å². The molecule has 0 bridgehead atoms. The second-order valence-corrected chi connectivity index (χ2v) is 3.91. The third-order valence-corrected chi connectivity index (χ3v) is 2.56. The molecule has 0 radical (unpaired) electrons. The van der Waals surface area contributed by atoms with E-state index in [-0.39, 0.29) is 16.3 Å². The van der Waals surface area contributed by atoms with Gasteiger partial charge in [-0.1, -0.05) is 11.6 Å². The SMILES string of the molecule is COC(=O)/C=C(\Nc1ccc(Cl)c(C#N)c1)C(=O)OC. The van der Waals surface area contributed by atoms with Gasteiger partial charge >= 0.3 is 11.9 Å². The Hall–Kier alpha value is -2.52. The number of nitrogens with zero attached hydrogens (tertiary/aromatic N) is 1. The molecule has 7 heteroatoms. The Morgan fingerprint density at radius 3 is 2.60 bits per heavy atom. The van der Waals surface area contributed by atoms with Gasteiger partial charge in [0.05, 0.1) is 30.9 Å². The fourth-order valence-corrected chi connectivity index (χ4v) is 1.44. The molecule has 0 fully saturated rings. The van der Waals surface area contributed by atoms with Crippen LogP contribution in [-0.2, 0) is 19.1 Å². The lowest BCUT2D eigenvalue weighted by atomic mass is 10.2. The molecule has 1 rings (SSSR count). The molecule has 0 atom stereocenters. The number of hydrogen-bond acceptors (Lipinski definition) is 6. The Kier molecular flexibility index (Phi) is 5.56. The molecule has 0 unspecified atom stereocenters. The first-order chi connectivity index (χ1) is 9.51. The van der Waals surface area contributed by atoms with E-state index in [0.717, 1.165) is 6.08 Å². The van der Waals surface area contributed by atoms with Gasteiger partial charge in [-0.05, 0) is 18.2 Å². The van der Waals surface area contributed by atoms with Crippen LogP contribution < -0.4 is 5.32 Å². The van der Waals surface area contributed by atoms with Gasteiger partial charge in [0.15, 0.2) is 0 Å². The van der Waals surface area contributed by atoms with Gasteiger partial charge in [0, 0.05) is 5.69 Å². The van der Waals surface area contributed by atoms with Crippen molar-refractivity contribution in [2.75, 3.05) is 19.5 Å². The van der Waals surface area contributed by atoms with Gasteiger partial charge in [-0.15, -0.1) is 0 Å². The lowest BCUT2D eigenvalue weighted by Gasteiger charge is -2.09. The van der Waals surface area contributed by atoms with Crippen molar-refractivity contribution in [2.45, 2.75) is 0 Å². The second kappa shape index (κ2) is 7.16. The number of ether oxygens (including phenoxy) is 2. The van der Waals surface area contributed by atoms with E-state index in [1.165, 1.54) is 26.4 Å². The molecule has 0 saturated carbocycles. The first-order valence-corrected chi connectivity index (χ1v) is 5.74. The maximum Gasteiger partial charge on any atom is 0.354 e. The zero-order valence-electron chi connectivity index (χ0n) is 10.8. The minimum absolute atomic E-state index is 0.120. The highest BCUT2D eigenvalue weighted by molar-refractivity contribution is 6.31. The minimum atomic E-state index is -0.746. The molecule has 1 aromatic carbocycles. The topological polar surface area (TPSA) is 88.4 Å². The average molecular weight is 295 g/mol. The standard InChI is InChI=1S/C13H11ClN2O4/c1-19-12(17)6-11(13(18)20-2)16-9-3-4-10(14)8(5-9)7-15/h3-6,16H,1-2H3/b11-6-. The summed E-state index contributed by atoms with van der Waals surface area (Å²) in [7, 11) is 2.36. The summed E-state index contributed by atoms with van der Waals surface area (Å²) >= 11 is 5.80. The normalized spacial score (nSPS) is 10.4. The fourth-order valence-electron chi connectivity index (χ4n) is 1.28. The van der Waals surface area contributed by atoms with Crippen LogP contribution in [0.5, 0.6) is 0 Å². The summed E-state index contributed by atoms with van der Waals surface area (Å²) in [6, 6.07) is 6.39. The zero-order chi connectivity index (χ0) is 15.1. The van der Waals surface area contributed by atoms with E-state index in [9.17, 15) is 9.59 Å². The number of anilines is 1. The fraction of sp³-hybridized carbons (Fsp3) is 0.154. The third kappa shape index (κ3) is 4.00. The summed E-state index contributed by atoms with van der Waals surface area (Å²) in [4.78, 5) is 22.7. The lowest BCUT2D eigenvalue weighted by molar-refractivity contribution is -0.138. The molecule has 6 nitrogen and oxygen atoms in total. The average Bonchev–Trinajstić information content (AvgIpc) is 2.47. The molecular weight excluding hydrogens is 284 g/mol. The highest BCUT2D eigenvalue weighted by Gasteiger charge is 2.13. The number of methoxy groups -OCH3 is 2. The van der Waals surface area contributed by atoms with Crippen molar-refractivity contribution in [2.24, 2.45) is 0 Å². The van der Waals surface area contributed by atoms with Gasteiger partial charge in [0.2, 0.25) is 0 Å². The van der Waals surface area contributed by atoms with Crippen LogP contribution in [-0.4, -0.2) is 26.2 Å². The van der Waals surface area contributed by atoms with E-state index in [1.807, 2.05) is 6.07 Å². The molecule has 104 valence electrons. The highest BCUT2D eigenvalue weighted by atomic mass is 35.5. The third-order valence-electron chi connectivity index (χ3n) is 2.23. The summed E-state index contributed by atoms with van der Waals surface area (Å²) in [5.41, 5.74) is 0.524. The van der Waals surface area contributed by atoms with Crippen LogP contribution in [0.15, 0.2) is 30.0 Å². The maximum absolute atomic E-state index is 11.5. The largest absolute Gasteiger partial charge is 0.466 e. The molecule has 0 saturated heterocycles. The number of halogens is 1. The Bertz CT molecular complexity index is 605. The predicted octanol–water partition coefficient (Wildman–Crippen LogP) is 1.85. The Morgan fingerprint density at radius 1 is 1.35 bits per heavy atom. The van der Waals surface area contributed by atoms with Crippen LogP contribution in [0, 0.1) is 11.3 Å². The number of carbonyl (C=O) groups is 2. The molecule has 1 N–H and O–H groups in total. The first-order valence-electron chi connectivity index (χ1n) is 5.36. The van der Waals surface area contributed by atoms with Crippen LogP contribution in [0.3, 0.4) is 0 Å². The van der Waals surface area contributed by atoms with Crippen LogP contribution in [0.2, 0.25) is 5.02 Å². The van der Waals surface area contributed by atoms with Crippen molar-refractivity contribution in [1.29, 1.82) is 5.26 Å². The van der Waals surface area contributed by atoms with Crippen molar-refractivity contribution in [3.63, 3.8) is 0 Å². The van der Waals surface area contributed by atoms with Crippen molar-refractivity contribution in [3.05, 3.63) is 40.6 Å². The Labute approximate surface area is 120 Å². The Balaban J connectivity index is 3.08. The Morgan fingerprint density at radius 2 is 2.05 bits per heavy atom. The molecule has 0 aliphatic carbocycles. The molecule has 20 heavy (non-hydrogen) atoms.